The standard InChI is InChI=1S/C12H22N2O2/c1-9-11(2-5-13-9)12(16)14-6-3-10(8-15)4-7-14/h9-11,13,15H,2-8H2,1H3. The van der Waals surface area contributed by atoms with Gasteiger partial charge in [0.1, 0.15) is 0 Å². The van der Waals surface area contributed by atoms with Crippen molar-refractivity contribution in [2.24, 2.45) is 11.8 Å². The first-order valence-corrected chi connectivity index (χ1v) is 6.35. The molecule has 2 fully saturated rings. The molecule has 0 spiro atoms. The molecule has 16 heavy (non-hydrogen) atoms. The fraction of sp³-hybridized carbons (Fsp3) is 0.917. The zero-order valence-electron chi connectivity index (χ0n) is 9.98. The molecule has 92 valence electrons. The molecule has 2 unspecified atom stereocenters. The Labute approximate surface area is 97.0 Å². The number of piperidine rings is 1. The Balaban J connectivity index is 1.86. The van der Waals surface area contributed by atoms with E-state index in [0.29, 0.717) is 17.9 Å². The number of amides is 1. The van der Waals surface area contributed by atoms with Crippen molar-refractivity contribution in [2.75, 3.05) is 26.2 Å². The van der Waals surface area contributed by atoms with E-state index in [9.17, 15) is 4.79 Å². The lowest BCUT2D eigenvalue weighted by atomic mass is 9.94. The van der Waals surface area contributed by atoms with Crippen molar-refractivity contribution >= 4 is 5.91 Å². The van der Waals surface area contributed by atoms with E-state index in [4.69, 9.17) is 5.11 Å². The Morgan fingerprint density at radius 2 is 2.06 bits per heavy atom. The van der Waals surface area contributed by atoms with Crippen molar-refractivity contribution < 1.29 is 9.90 Å². The molecule has 0 aromatic rings. The second-order valence-electron chi connectivity index (χ2n) is 5.09. The summed E-state index contributed by atoms with van der Waals surface area (Å²) in [5.74, 6) is 0.891. The summed E-state index contributed by atoms with van der Waals surface area (Å²) in [6, 6.07) is 0.322. The van der Waals surface area contributed by atoms with Gasteiger partial charge in [0.25, 0.3) is 0 Å². The van der Waals surface area contributed by atoms with Gasteiger partial charge in [0, 0.05) is 25.7 Å². The lowest BCUT2D eigenvalue weighted by Crippen LogP contribution is -2.44. The number of aliphatic hydroxyl groups is 1. The molecule has 0 saturated carbocycles. The maximum Gasteiger partial charge on any atom is 0.227 e. The predicted octanol–water partition coefficient (Wildman–Crippen LogP) is 0.215. The van der Waals surface area contributed by atoms with Gasteiger partial charge >= 0.3 is 0 Å². The highest BCUT2D eigenvalue weighted by atomic mass is 16.3. The van der Waals surface area contributed by atoms with Gasteiger partial charge in [-0.2, -0.15) is 0 Å². The van der Waals surface area contributed by atoms with Gasteiger partial charge in [-0.05, 0) is 38.6 Å². The van der Waals surface area contributed by atoms with E-state index in [1.807, 2.05) is 4.90 Å². The SMILES string of the molecule is CC1NCCC1C(=O)N1CCC(CO)CC1. The predicted molar refractivity (Wildman–Crippen MR) is 62.0 cm³/mol. The van der Waals surface area contributed by atoms with E-state index < -0.39 is 0 Å². The van der Waals surface area contributed by atoms with E-state index in [-0.39, 0.29) is 12.5 Å². The van der Waals surface area contributed by atoms with E-state index in [1.54, 1.807) is 0 Å². The van der Waals surface area contributed by atoms with Crippen molar-refractivity contribution in [3.63, 3.8) is 0 Å². The largest absolute Gasteiger partial charge is 0.396 e. The van der Waals surface area contributed by atoms with Crippen molar-refractivity contribution in [3.05, 3.63) is 0 Å². The summed E-state index contributed by atoms with van der Waals surface area (Å²) in [6.45, 7) is 4.98. The molecule has 2 saturated heterocycles. The van der Waals surface area contributed by atoms with Gasteiger partial charge in [-0.15, -0.1) is 0 Å². The Hall–Kier alpha value is -0.610. The summed E-state index contributed by atoms with van der Waals surface area (Å²) in [6.07, 6.45) is 2.88. The van der Waals surface area contributed by atoms with Crippen LogP contribution in [0.4, 0.5) is 0 Å². The Bertz CT molecular complexity index is 249. The van der Waals surface area contributed by atoms with Crippen molar-refractivity contribution in [2.45, 2.75) is 32.2 Å². The van der Waals surface area contributed by atoms with Crippen molar-refractivity contribution in [1.29, 1.82) is 0 Å². The molecule has 2 aliphatic rings. The molecule has 0 bridgehead atoms. The van der Waals surface area contributed by atoms with Gasteiger partial charge in [-0.1, -0.05) is 0 Å². The van der Waals surface area contributed by atoms with Crippen LogP contribution in [0.25, 0.3) is 0 Å². The van der Waals surface area contributed by atoms with Crippen LogP contribution >= 0.6 is 0 Å². The average Bonchev–Trinajstić information content (AvgIpc) is 2.75. The number of carbonyl (C=O) groups is 1. The summed E-state index contributed by atoms with van der Waals surface area (Å²) in [4.78, 5) is 14.2. The summed E-state index contributed by atoms with van der Waals surface area (Å²) in [5, 5.41) is 12.4. The van der Waals surface area contributed by atoms with Crippen LogP contribution in [-0.4, -0.2) is 48.2 Å². The molecule has 0 radical (unpaired) electrons. The normalized spacial score (nSPS) is 32.0. The third-order valence-electron chi connectivity index (χ3n) is 4.03. The smallest absolute Gasteiger partial charge is 0.227 e. The third kappa shape index (κ3) is 2.38. The van der Waals surface area contributed by atoms with Crippen LogP contribution in [0.3, 0.4) is 0 Å². The summed E-state index contributed by atoms with van der Waals surface area (Å²) >= 11 is 0. The van der Waals surface area contributed by atoms with Crippen LogP contribution in [0.1, 0.15) is 26.2 Å². The molecule has 0 aromatic carbocycles. The summed E-state index contributed by atoms with van der Waals surface area (Å²) in [7, 11) is 0. The topological polar surface area (TPSA) is 52.6 Å². The van der Waals surface area contributed by atoms with Crippen LogP contribution in [0.15, 0.2) is 0 Å². The van der Waals surface area contributed by atoms with Crippen LogP contribution in [0.2, 0.25) is 0 Å². The van der Waals surface area contributed by atoms with Crippen LogP contribution < -0.4 is 5.32 Å². The van der Waals surface area contributed by atoms with Crippen LogP contribution in [0.5, 0.6) is 0 Å². The third-order valence-corrected chi connectivity index (χ3v) is 4.03. The zero-order valence-corrected chi connectivity index (χ0v) is 9.98. The highest BCUT2D eigenvalue weighted by Crippen LogP contribution is 2.22. The monoisotopic (exact) mass is 226 g/mol. The molecule has 2 rings (SSSR count). The van der Waals surface area contributed by atoms with Gasteiger partial charge in [-0.3, -0.25) is 4.79 Å². The lowest BCUT2D eigenvalue weighted by Gasteiger charge is -2.33. The molecule has 0 aromatic heterocycles. The second-order valence-corrected chi connectivity index (χ2v) is 5.09. The van der Waals surface area contributed by atoms with Crippen LogP contribution in [-0.2, 0) is 4.79 Å². The van der Waals surface area contributed by atoms with E-state index in [0.717, 1.165) is 38.9 Å². The second kappa shape index (κ2) is 5.15. The fourth-order valence-corrected chi connectivity index (χ4v) is 2.77. The quantitative estimate of drug-likeness (QED) is 0.708. The van der Waals surface area contributed by atoms with Gasteiger partial charge in [0.2, 0.25) is 5.91 Å². The first kappa shape index (κ1) is 11.9. The van der Waals surface area contributed by atoms with E-state index in [1.165, 1.54) is 0 Å². The first-order chi connectivity index (χ1) is 7.72. The Kier molecular flexibility index (Phi) is 3.82. The molecular formula is C12H22N2O2. The molecule has 0 aliphatic carbocycles. The number of nitrogens with one attached hydrogen (secondary N) is 1. The van der Waals surface area contributed by atoms with Gasteiger partial charge in [0.05, 0.1) is 5.92 Å². The van der Waals surface area contributed by atoms with Gasteiger partial charge < -0.3 is 15.3 Å². The molecule has 4 nitrogen and oxygen atoms in total. The van der Waals surface area contributed by atoms with Crippen molar-refractivity contribution in [1.82, 2.24) is 10.2 Å². The molecule has 4 heteroatoms. The maximum atomic E-state index is 12.2. The molecule has 2 aliphatic heterocycles. The minimum Gasteiger partial charge on any atom is -0.396 e. The number of rotatable bonds is 2. The maximum absolute atomic E-state index is 12.2. The molecule has 2 atom stereocenters. The summed E-state index contributed by atoms with van der Waals surface area (Å²) < 4.78 is 0. The number of likely N-dealkylation sites (tertiary alicyclic amines) is 1. The number of hydrogen-bond acceptors (Lipinski definition) is 3. The molecular weight excluding hydrogens is 204 g/mol. The fourth-order valence-electron chi connectivity index (χ4n) is 2.77. The van der Waals surface area contributed by atoms with Crippen molar-refractivity contribution in [3.8, 4) is 0 Å². The van der Waals surface area contributed by atoms with Gasteiger partial charge in [-0.25, -0.2) is 0 Å². The molecule has 2 N–H and O–H groups in total. The number of aliphatic hydroxyl groups excluding tert-OH is 1. The highest BCUT2D eigenvalue weighted by molar-refractivity contribution is 5.80. The van der Waals surface area contributed by atoms with E-state index in [2.05, 4.69) is 12.2 Å². The lowest BCUT2D eigenvalue weighted by molar-refractivity contribution is -0.137. The minimum absolute atomic E-state index is 0.172. The van der Waals surface area contributed by atoms with Gasteiger partial charge in [0.15, 0.2) is 0 Å². The Morgan fingerprint density at radius 1 is 1.38 bits per heavy atom. The molecule has 2 heterocycles. The van der Waals surface area contributed by atoms with Crippen LogP contribution in [0, 0.1) is 11.8 Å². The minimum atomic E-state index is 0.172. The number of hydrogen-bond donors (Lipinski definition) is 2. The zero-order chi connectivity index (χ0) is 11.5. The first-order valence-electron chi connectivity index (χ1n) is 6.35. The highest BCUT2D eigenvalue weighted by Gasteiger charge is 2.33. The Morgan fingerprint density at radius 3 is 2.56 bits per heavy atom. The summed E-state index contributed by atoms with van der Waals surface area (Å²) in [5.41, 5.74) is 0. The number of carbonyl (C=O) groups excluding carboxylic acids is 1. The number of nitrogens with zero attached hydrogens (tertiary/aromatic N) is 1. The molecule has 1 amide bonds. The van der Waals surface area contributed by atoms with E-state index >= 15 is 0 Å². The average molecular weight is 226 g/mol.